The molecule has 1 heterocycles. The molecule has 0 saturated carbocycles. The van der Waals surface area contributed by atoms with E-state index in [-0.39, 0.29) is 11.2 Å². The Bertz CT molecular complexity index is 498. The van der Waals surface area contributed by atoms with E-state index in [1.807, 2.05) is 12.1 Å². The summed E-state index contributed by atoms with van der Waals surface area (Å²) in [6, 6.07) is 5.63. The minimum atomic E-state index is 0.206. The first-order valence-electron chi connectivity index (χ1n) is 5.64. The summed E-state index contributed by atoms with van der Waals surface area (Å²) in [5.74, 6) is 0.211. The van der Waals surface area contributed by atoms with Crippen molar-refractivity contribution in [3.63, 3.8) is 0 Å². The van der Waals surface area contributed by atoms with Crippen LogP contribution in [0, 0.1) is 5.41 Å². The molecule has 4 nitrogen and oxygen atoms in total. The van der Waals surface area contributed by atoms with Crippen LogP contribution in [0.3, 0.4) is 0 Å². The second-order valence-corrected chi connectivity index (χ2v) is 5.38. The van der Waals surface area contributed by atoms with E-state index in [2.05, 4.69) is 31.0 Å². The maximum Gasteiger partial charge on any atom is 0.143 e. The molecular weight excluding hydrogens is 214 g/mol. The van der Waals surface area contributed by atoms with Gasteiger partial charge in [0.1, 0.15) is 11.4 Å². The number of benzene rings is 1. The maximum atomic E-state index is 9.96. The molecule has 0 fully saturated rings. The van der Waals surface area contributed by atoms with Gasteiger partial charge in [-0.1, -0.05) is 26.8 Å². The highest BCUT2D eigenvalue weighted by molar-refractivity contribution is 5.46. The van der Waals surface area contributed by atoms with Crippen molar-refractivity contribution in [2.75, 3.05) is 0 Å². The fourth-order valence-corrected chi connectivity index (χ4v) is 1.80. The van der Waals surface area contributed by atoms with Crippen LogP contribution in [-0.4, -0.2) is 20.1 Å². The molecule has 0 aliphatic rings. The molecule has 1 N–H and O–H groups in total. The van der Waals surface area contributed by atoms with Crippen molar-refractivity contribution < 1.29 is 5.11 Å². The van der Waals surface area contributed by atoms with Gasteiger partial charge in [0.15, 0.2) is 0 Å². The summed E-state index contributed by atoms with van der Waals surface area (Å²) in [5.41, 5.74) is 1.93. The summed E-state index contributed by atoms with van der Waals surface area (Å²) < 4.78 is 0. The highest BCUT2D eigenvalue weighted by Crippen LogP contribution is 2.26. The molecule has 0 radical (unpaired) electrons. The minimum absolute atomic E-state index is 0.206. The third-order valence-electron chi connectivity index (χ3n) is 2.41. The topological polar surface area (TPSA) is 50.9 Å². The van der Waals surface area contributed by atoms with E-state index in [1.54, 1.807) is 18.5 Å². The monoisotopic (exact) mass is 231 g/mol. The molecular formula is C13H17N3O. The highest BCUT2D eigenvalue weighted by atomic mass is 16.3. The largest absolute Gasteiger partial charge is 0.506 e. The summed E-state index contributed by atoms with van der Waals surface area (Å²) in [6.07, 6.45) is 4.10. The summed E-state index contributed by atoms with van der Waals surface area (Å²) in [6.45, 7) is 6.52. The van der Waals surface area contributed by atoms with E-state index in [4.69, 9.17) is 0 Å². The number of phenolic OH excluding ortho intramolecular Hbond substituents is 1. The Kier molecular flexibility index (Phi) is 2.88. The zero-order valence-corrected chi connectivity index (χ0v) is 10.4. The van der Waals surface area contributed by atoms with Gasteiger partial charge in [-0.3, -0.25) is 0 Å². The summed E-state index contributed by atoms with van der Waals surface area (Å²) >= 11 is 0. The molecule has 17 heavy (non-hydrogen) atoms. The second-order valence-electron chi connectivity index (χ2n) is 5.38. The Morgan fingerprint density at radius 3 is 2.35 bits per heavy atom. The van der Waals surface area contributed by atoms with Gasteiger partial charge in [-0.15, -0.1) is 4.80 Å². The van der Waals surface area contributed by atoms with Crippen LogP contribution < -0.4 is 0 Å². The molecule has 1 aromatic heterocycles. The normalized spacial score (nSPS) is 11.7. The molecule has 90 valence electrons. The number of hydrogen-bond donors (Lipinski definition) is 1. The van der Waals surface area contributed by atoms with Crippen LogP contribution in [-0.2, 0) is 6.42 Å². The van der Waals surface area contributed by atoms with E-state index in [0.29, 0.717) is 5.69 Å². The van der Waals surface area contributed by atoms with Crippen molar-refractivity contribution in [3.8, 4) is 11.4 Å². The second kappa shape index (κ2) is 4.20. The Balaban J connectivity index is 2.30. The average molecular weight is 231 g/mol. The molecule has 2 rings (SSSR count). The molecule has 0 unspecified atom stereocenters. The van der Waals surface area contributed by atoms with E-state index < -0.39 is 0 Å². The summed E-state index contributed by atoms with van der Waals surface area (Å²) in [7, 11) is 0. The van der Waals surface area contributed by atoms with Crippen LogP contribution in [0.1, 0.15) is 26.3 Å². The van der Waals surface area contributed by atoms with Crippen molar-refractivity contribution in [2.24, 2.45) is 5.41 Å². The SMILES string of the molecule is CC(C)(C)Cc1ccc(-n2nccn2)c(O)c1. The third kappa shape index (κ3) is 2.84. The number of hydrogen-bond acceptors (Lipinski definition) is 3. The van der Waals surface area contributed by atoms with Crippen LogP contribution in [0.2, 0.25) is 0 Å². The summed E-state index contributed by atoms with van der Waals surface area (Å²) in [4.78, 5) is 1.41. The van der Waals surface area contributed by atoms with Crippen LogP contribution in [0.5, 0.6) is 5.75 Å². The lowest BCUT2D eigenvalue weighted by molar-refractivity contribution is 0.409. The first kappa shape index (κ1) is 11.6. The smallest absolute Gasteiger partial charge is 0.143 e. The third-order valence-corrected chi connectivity index (χ3v) is 2.41. The predicted molar refractivity (Wildman–Crippen MR) is 66.2 cm³/mol. The Morgan fingerprint density at radius 1 is 1.18 bits per heavy atom. The highest BCUT2D eigenvalue weighted by Gasteiger charge is 2.13. The van der Waals surface area contributed by atoms with Crippen molar-refractivity contribution in [3.05, 3.63) is 36.2 Å². The van der Waals surface area contributed by atoms with Crippen molar-refractivity contribution in [1.82, 2.24) is 15.0 Å². The van der Waals surface area contributed by atoms with Crippen molar-refractivity contribution >= 4 is 0 Å². The standard InChI is InChI=1S/C13H17N3O/c1-13(2,3)9-10-4-5-11(12(17)8-10)16-14-6-7-15-16/h4-8,17H,9H2,1-3H3. The van der Waals surface area contributed by atoms with E-state index in [9.17, 15) is 5.11 Å². The summed E-state index contributed by atoms with van der Waals surface area (Å²) in [5, 5.41) is 18.0. The fraction of sp³-hybridized carbons (Fsp3) is 0.385. The first-order valence-corrected chi connectivity index (χ1v) is 5.64. The zero-order valence-electron chi connectivity index (χ0n) is 10.4. The molecule has 4 heteroatoms. The van der Waals surface area contributed by atoms with Crippen LogP contribution in [0.15, 0.2) is 30.6 Å². The number of phenols is 1. The molecule has 0 bridgehead atoms. The number of rotatable bonds is 2. The van der Waals surface area contributed by atoms with Crippen molar-refractivity contribution in [2.45, 2.75) is 27.2 Å². The van der Waals surface area contributed by atoms with Crippen LogP contribution >= 0.6 is 0 Å². The van der Waals surface area contributed by atoms with Gasteiger partial charge in [-0.05, 0) is 29.5 Å². The molecule has 0 spiro atoms. The van der Waals surface area contributed by atoms with Crippen molar-refractivity contribution in [1.29, 1.82) is 0 Å². The molecule has 0 aliphatic carbocycles. The van der Waals surface area contributed by atoms with E-state index >= 15 is 0 Å². The molecule has 0 amide bonds. The maximum absolute atomic E-state index is 9.96. The van der Waals surface area contributed by atoms with Gasteiger partial charge in [0.05, 0.1) is 12.4 Å². The molecule has 1 aromatic carbocycles. The lowest BCUT2D eigenvalue weighted by atomic mass is 9.88. The van der Waals surface area contributed by atoms with Crippen LogP contribution in [0.25, 0.3) is 5.69 Å². The van der Waals surface area contributed by atoms with Crippen LogP contribution in [0.4, 0.5) is 0 Å². The lowest BCUT2D eigenvalue weighted by Crippen LogP contribution is -2.09. The van der Waals surface area contributed by atoms with Gasteiger partial charge in [-0.2, -0.15) is 10.2 Å². The Morgan fingerprint density at radius 2 is 1.82 bits per heavy atom. The molecule has 0 saturated heterocycles. The minimum Gasteiger partial charge on any atom is -0.506 e. The van der Waals surface area contributed by atoms with Gasteiger partial charge in [0.25, 0.3) is 0 Å². The predicted octanol–water partition coefficient (Wildman–Crippen LogP) is 2.56. The lowest BCUT2D eigenvalue weighted by Gasteiger charge is -2.18. The molecule has 0 aliphatic heterocycles. The van der Waals surface area contributed by atoms with E-state index in [1.165, 1.54) is 4.80 Å². The van der Waals surface area contributed by atoms with Gasteiger partial charge in [-0.25, -0.2) is 0 Å². The molecule has 0 atom stereocenters. The van der Waals surface area contributed by atoms with E-state index in [0.717, 1.165) is 12.0 Å². The first-order chi connectivity index (χ1) is 7.96. The fourth-order valence-electron chi connectivity index (χ4n) is 1.80. The Labute approximate surface area is 101 Å². The number of aromatic hydroxyl groups is 1. The Hall–Kier alpha value is -1.84. The van der Waals surface area contributed by atoms with Gasteiger partial charge in [0.2, 0.25) is 0 Å². The number of nitrogens with zero attached hydrogens (tertiary/aromatic N) is 3. The zero-order chi connectivity index (χ0) is 12.5. The quantitative estimate of drug-likeness (QED) is 0.864. The molecule has 2 aromatic rings. The average Bonchev–Trinajstić information content (AvgIpc) is 2.68. The van der Waals surface area contributed by atoms with Gasteiger partial charge >= 0.3 is 0 Å². The van der Waals surface area contributed by atoms with Gasteiger partial charge in [0, 0.05) is 0 Å². The number of aromatic nitrogens is 3. The van der Waals surface area contributed by atoms with Gasteiger partial charge < -0.3 is 5.11 Å².